The maximum absolute atomic E-state index is 12.3. The van der Waals surface area contributed by atoms with Gasteiger partial charge in [0.2, 0.25) is 0 Å². The summed E-state index contributed by atoms with van der Waals surface area (Å²) in [6.45, 7) is 2.12. The Labute approximate surface area is 163 Å². The van der Waals surface area contributed by atoms with Crippen LogP contribution in [0.5, 0.6) is 11.5 Å². The van der Waals surface area contributed by atoms with Gasteiger partial charge in [0.1, 0.15) is 11.5 Å². The van der Waals surface area contributed by atoms with E-state index in [2.05, 4.69) is 20.6 Å². The van der Waals surface area contributed by atoms with Gasteiger partial charge in [-0.2, -0.15) is 5.10 Å². The molecule has 3 rings (SSSR count). The van der Waals surface area contributed by atoms with E-state index in [1.54, 1.807) is 51.7 Å². The van der Waals surface area contributed by atoms with Crippen molar-refractivity contribution in [2.24, 2.45) is 13.0 Å². The molecule has 0 bridgehead atoms. The summed E-state index contributed by atoms with van der Waals surface area (Å²) in [4.78, 5) is 26.2. The molecule has 1 saturated heterocycles. The molecule has 2 heterocycles. The predicted octanol–water partition coefficient (Wildman–Crippen LogP) is 1.45. The van der Waals surface area contributed by atoms with Crippen molar-refractivity contribution in [3.8, 4) is 11.5 Å². The molecule has 1 fully saturated rings. The van der Waals surface area contributed by atoms with Gasteiger partial charge in [0.15, 0.2) is 0 Å². The topological polar surface area (TPSA) is 97.7 Å². The number of aromatic nitrogens is 2. The Kier molecular flexibility index (Phi) is 6.03. The van der Waals surface area contributed by atoms with Gasteiger partial charge in [0.25, 0.3) is 5.56 Å². The number of rotatable bonds is 6. The van der Waals surface area contributed by atoms with Gasteiger partial charge >= 0.3 is 6.03 Å². The smallest absolute Gasteiger partial charge is 0.319 e. The first-order valence-electron chi connectivity index (χ1n) is 9.05. The Balaban J connectivity index is 1.53. The Hall–Kier alpha value is -3.23. The number of anilines is 2. The number of nitrogens with one attached hydrogen (secondary N) is 2. The van der Waals surface area contributed by atoms with Crippen molar-refractivity contribution in [2.75, 3.05) is 44.1 Å². The number of urea groups is 1. The summed E-state index contributed by atoms with van der Waals surface area (Å²) in [7, 11) is 4.73. The van der Waals surface area contributed by atoms with Crippen molar-refractivity contribution in [1.82, 2.24) is 15.1 Å². The summed E-state index contributed by atoms with van der Waals surface area (Å²) < 4.78 is 11.8. The number of nitrogens with zero attached hydrogens (tertiary/aromatic N) is 3. The van der Waals surface area contributed by atoms with E-state index < -0.39 is 0 Å². The van der Waals surface area contributed by atoms with Crippen LogP contribution in [-0.2, 0) is 7.05 Å². The van der Waals surface area contributed by atoms with E-state index in [-0.39, 0.29) is 11.6 Å². The molecule has 1 unspecified atom stereocenters. The number of carbonyl (C=O) groups is 1. The monoisotopic (exact) mass is 387 g/mol. The average molecular weight is 387 g/mol. The highest BCUT2D eigenvalue weighted by molar-refractivity contribution is 5.91. The minimum absolute atomic E-state index is 0.134. The van der Waals surface area contributed by atoms with Gasteiger partial charge in [0.05, 0.1) is 31.8 Å². The van der Waals surface area contributed by atoms with Crippen molar-refractivity contribution in [3.63, 3.8) is 0 Å². The Bertz CT molecular complexity index is 898. The highest BCUT2D eigenvalue weighted by Gasteiger charge is 2.24. The predicted molar refractivity (Wildman–Crippen MR) is 106 cm³/mol. The number of methoxy groups -OCH3 is 2. The first kappa shape index (κ1) is 19.5. The molecular formula is C19H25N5O4. The molecule has 2 amide bonds. The summed E-state index contributed by atoms with van der Waals surface area (Å²) >= 11 is 0. The van der Waals surface area contributed by atoms with E-state index in [1.807, 2.05) is 0 Å². The molecule has 2 N–H and O–H groups in total. The van der Waals surface area contributed by atoms with Crippen LogP contribution in [0, 0.1) is 5.92 Å². The van der Waals surface area contributed by atoms with E-state index in [1.165, 1.54) is 4.68 Å². The molecular weight excluding hydrogens is 362 g/mol. The highest BCUT2D eigenvalue weighted by atomic mass is 16.5. The normalized spacial score (nSPS) is 16.0. The van der Waals surface area contributed by atoms with Gasteiger partial charge in [-0.05, 0) is 24.5 Å². The van der Waals surface area contributed by atoms with Crippen LogP contribution in [0.25, 0.3) is 0 Å². The molecule has 0 spiro atoms. The lowest BCUT2D eigenvalue weighted by Crippen LogP contribution is -2.34. The molecule has 0 aliphatic carbocycles. The summed E-state index contributed by atoms with van der Waals surface area (Å²) in [6, 6.07) is 6.49. The minimum Gasteiger partial charge on any atom is -0.497 e. The lowest BCUT2D eigenvalue weighted by atomic mass is 10.1. The third-order valence-electron chi connectivity index (χ3n) is 4.81. The Morgan fingerprint density at radius 3 is 2.82 bits per heavy atom. The molecule has 0 saturated carbocycles. The van der Waals surface area contributed by atoms with Crippen molar-refractivity contribution in [2.45, 2.75) is 6.42 Å². The van der Waals surface area contributed by atoms with E-state index in [9.17, 15) is 9.59 Å². The molecule has 1 aliphatic rings. The van der Waals surface area contributed by atoms with Crippen LogP contribution in [0.1, 0.15) is 6.42 Å². The van der Waals surface area contributed by atoms with Gasteiger partial charge < -0.3 is 25.0 Å². The SMILES string of the molecule is COc1ccc(OC)c(NC(=O)NCC2CCN(c3cnn(C)c(=O)c3)C2)c1. The average Bonchev–Trinajstić information content (AvgIpc) is 3.17. The number of amides is 2. The van der Waals surface area contributed by atoms with Crippen molar-refractivity contribution >= 4 is 17.4 Å². The lowest BCUT2D eigenvalue weighted by Gasteiger charge is -2.18. The van der Waals surface area contributed by atoms with Crippen LogP contribution in [0.3, 0.4) is 0 Å². The Morgan fingerprint density at radius 2 is 2.11 bits per heavy atom. The summed E-state index contributed by atoms with van der Waals surface area (Å²) in [5.41, 5.74) is 1.22. The first-order chi connectivity index (χ1) is 13.5. The van der Waals surface area contributed by atoms with Gasteiger partial charge in [-0.1, -0.05) is 0 Å². The van der Waals surface area contributed by atoms with Crippen LogP contribution >= 0.6 is 0 Å². The number of ether oxygens (including phenoxy) is 2. The quantitative estimate of drug-likeness (QED) is 0.779. The van der Waals surface area contributed by atoms with Crippen LogP contribution in [0.4, 0.5) is 16.2 Å². The third kappa shape index (κ3) is 4.54. The largest absolute Gasteiger partial charge is 0.497 e. The fourth-order valence-corrected chi connectivity index (χ4v) is 3.18. The summed E-state index contributed by atoms with van der Waals surface area (Å²) in [5, 5.41) is 9.75. The second kappa shape index (κ2) is 8.64. The molecule has 150 valence electrons. The van der Waals surface area contributed by atoms with Crippen LogP contribution in [0.2, 0.25) is 0 Å². The van der Waals surface area contributed by atoms with Crippen LogP contribution in [0.15, 0.2) is 35.3 Å². The van der Waals surface area contributed by atoms with Crippen LogP contribution in [-0.4, -0.2) is 49.7 Å². The van der Waals surface area contributed by atoms with E-state index >= 15 is 0 Å². The van der Waals surface area contributed by atoms with Crippen molar-refractivity contribution in [3.05, 3.63) is 40.8 Å². The molecule has 9 nitrogen and oxygen atoms in total. The lowest BCUT2D eigenvalue weighted by molar-refractivity contribution is 0.250. The zero-order chi connectivity index (χ0) is 20.1. The van der Waals surface area contributed by atoms with E-state index in [4.69, 9.17) is 9.47 Å². The number of benzene rings is 1. The molecule has 1 aliphatic heterocycles. The zero-order valence-corrected chi connectivity index (χ0v) is 16.3. The number of aryl methyl sites for hydroxylation is 1. The second-order valence-electron chi connectivity index (χ2n) is 6.68. The third-order valence-corrected chi connectivity index (χ3v) is 4.81. The number of hydrogen-bond acceptors (Lipinski definition) is 6. The van der Waals surface area contributed by atoms with E-state index in [0.29, 0.717) is 29.6 Å². The highest BCUT2D eigenvalue weighted by Crippen LogP contribution is 2.28. The molecule has 1 aromatic carbocycles. The molecule has 1 aromatic heterocycles. The molecule has 2 aromatic rings. The molecule has 9 heteroatoms. The van der Waals surface area contributed by atoms with Gasteiger partial charge in [0, 0.05) is 38.8 Å². The zero-order valence-electron chi connectivity index (χ0n) is 16.3. The van der Waals surface area contributed by atoms with E-state index in [0.717, 1.165) is 25.2 Å². The molecule has 1 atom stereocenters. The minimum atomic E-state index is -0.305. The fourth-order valence-electron chi connectivity index (χ4n) is 3.18. The second-order valence-corrected chi connectivity index (χ2v) is 6.68. The molecule has 0 radical (unpaired) electrons. The van der Waals surface area contributed by atoms with Crippen molar-refractivity contribution < 1.29 is 14.3 Å². The first-order valence-corrected chi connectivity index (χ1v) is 9.05. The maximum Gasteiger partial charge on any atom is 0.319 e. The fraction of sp³-hybridized carbons (Fsp3) is 0.421. The van der Waals surface area contributed by atoms with Gasteiger partial charge in [-0.15, -0.1) is 0 Å². The van der Waals surface area contributed by atoms with Crippen molar-refractivity contribution in [1.29, 1.82) is 0 Å². The standard InChI is InChI=1S/C19H25N5O4/c1-23-18(25)8-14(11-21-23)24-7-6-13(12-24)10-20-19(26)22-16-9-15(27-2)4-5-17(16)28-3/h4-5,8-9,11,13H,6-7,10,12H2,1-3H3,(H2,20,22,26). The summed E-state index contributed by atoms with van der Waals surface area (Å²) in [6.07, 6.45) is 2.62. The maximum atomic E-state index is 12.3. The molecule has 28 heavy (non-hydrogen) atoms. The van der Waals surface area contributed by atoms with Gasteiger partial charge in [-0.25, -0.2) is 9.48 Å². The Morgan fingerprint density at radius 1 is 1.29 bits per heavy atom. The number of carbonyl (C=O) groups excluding carboxylic acids is 1. The summed E-state index contributed by atoms with van der Waals surface area (Å²) in [5.74, 6) is 1.48. The van der Waals surface area contributed by atoms with Crippen LogP contribution < -0.4 is 30.6 Å². The van der Waals surface area contributed by atoms with Gasteiger partial charge in [-0.3, -0.25) is 4.79 Å². The number of hydrogen-bond donors (Lipinski definition) is 2.